The lowest BCUT2D eigenvalue weighted by Crippen LogP contribution is -2.27. The average molecular weight is 352 g/mol. The van der Waals surface area contributed by atoms with Gasteiger partial charge in [0.05, 0.1) is 16.5 Å². The highest BCUT2D eigenvalue weighted by atomic mass is 19.4. The molecule has 8 heteroatoms. The Kier molecular flexibility index (Phi) is 5.10. The number of halogens is 3. The average Bonchev–Trinajstić information content (AvgIpc) is 2.54. The fourth-order valence-electron chi connectivity index (χ4n) is 2.29. The van der Waals surface area contributed by atoms with Crippen molar-refractivity contribution in [3.8, 4) is 0 Å². The van der Waals surface area contributed by atoms with Crippen molar-refractivity contribution in [1.29, 1.82) is 0 Å². The second-order valence-corrected chi connectivity index (χ2v) is 5.58. The molecule has 2 aromatic rings. The molecule has 0 fully saturated rings. The Bertz CT molecular complexity index is 819. The molecule has 0 heterocycles. The van der Waals surface area contributed by atoms with Crippen LogP contribution >= 0.6 is 0 Å². The quantitative estimate of drug-likeness (QED) is 0.654. The van der Waals surface area contributed by atoms with Crippen LogP contribution in [-0.4, -0.2) is 10.8 Å². The molecular formula is C17H15F3N2O3. The highest BCUT2D eigenvalue weighted by Crippen LogP contribution is 2.30. The number of nitro groups is 1. The summed E-state index contributed by atoms with van der Waals surface area (Å²) in [6, 6.07) is 7.96. The van der Waals surface area contributed by atoms with Gasteiger partial charge in [-0.15, -0.1) is 0 Å². The van der Waals surface area contributed by atoms with Crippen LogP contribution in [0.2, 0.25) is 0 Å². The molecule has 0 saturated heterocycles. The van der Waals surface area contributed by atoms with Crippen LogP contribution in [0.4, 0.5) is 18.9 Å². The summed E-state index contributed by atoms with van der Waals surface area (Å²) < 4.78 is 38.3. The predicted octanol–water partition coefficient (Wildman–Crippen LogP) is 4.41. The standard InChI is InChI=1S/C17H15F3N2O3/c1-10-6-7-13(9-15(10)22(24)25)16(23)21-11(2)12-4-3-5-14(8-12)17(18,19)20/h3-9,11H,1-2H3,(H,21,23). The molecule has 2 aromatic carbocycles. The van der Waals surface area contributed by atoms with Gasteiger partial charge in [0.2, 0.25) is 0 Å². The summed E-state index contributed by atoms with van der Waals surface area (Å²) in [5, 5.41) is 13.5. The number of amides is 1. The van der Waals surface area contributed by atoms with Crippen molar-refractivity contribution in [3.63, 3.8) is 0 Å². The smallest absolute Gasteiger partial charge is 0.346 e. The first-order valence-corrected chi connectivity index (χ1v) is 7.32. The zero-order valence-corrected chi connectivity index (χ0v) is 13.4. The largest absolute Gasteiger partial charge is 0.416 e. The van der Waals surface area contributed by atoms with Crippen LogP contribution in [-0.2, 0) is 6.18 Å². The fraction of sp³-hybridized carbons (Fsp3) is 0.235. The molecule has 0 aliphatic carbocycles. The zero-order chi connectivity index (χ0) is 18.8. The van der Waals surface area contributed by atoms with Crippen LogP contribution in [0.1, 0.15) is 40.0 Å². The lowest BCUT2D eigenvalue weighted by Gasteiger charge is -2.16. The molecule has 0 saturated carbocycles. The van der Waals surface area contributed by atoms with Crippen LogP contribution in [0.15, 0.2) is 42.5 Å². The van der Waals surface area contributed by atoms with E-state index in [0.717, 1.165) is 18.2 Å². The Hall–Kier alpha value is -2.90. The normalized spacial score (nSPS) is 12.5. The first-order valence-electron chi connectivity index (χ1n) is 7.32. The van der Waals surface area contributed by atoms with E-state index in [1.807, 2.05) is 0 Å². The summed E-state index contributed by atoms with van der Waals surface area (Å²) in [6.07, 6.45) is -4.47. The second kappa shape index (κ2) is 6.92. The number of aryl methyl sites for hydroxylation is 1. The van der Waals surface area contributed by atoms with Crippen molar-refractivity contribution >= 4 is 11.6 Å². The maximum Gasteiger partial charge on any atom is 0.416 e. The van der Waals surface area contributed by atoms with Gasteiger partial charge < -0.3 is 5.32 Å². The van der Waals surface area contributed by atoms with Gasteiger partial charge in [-0.25, -0.2) is 0 Å². The number of carbonyl (C=O) groups is 1. The Labute approximate surface area is 141 Å². The maximum absolute atomic E-state index is 12.8. The molecule has 0 aromatic heterocycles. The van der Waals surface area contributed by atoms with Crippen LogP contribution < -0.4 is 5.32 Å². The minimum Gasteiger partial charge on any atom is -0.346 e. The van der Waals surface area contributed by atoms with Crippen molar-refractivity contribution in [2.75, 3.05) is 0 Å². The van der Waals surface area contributed by atoms with Crippen LogP contribution in [0.5, 0.6) is 0 Å². The molecule has 1 N–H and O–H groups in total. The van der Waals surface area contributed by atoms with Crippen molar-refractivity contribution in [1.82, 2.24) is 5.32 Å². The van der Waals surface area contributed by atoms with E-state index in [4.69, 9.17) is 0 Å². The monoisotopic (exact) mass is 352 g/mol. The first-order chi connectivity index (χ1) is 11.6. The highest BCUT2D eigenvalue weighted by molar-refractivity contribution is 5.95. The fourth-order valence-corrected chi connectivity index (χ4v) is 2.29. The molecule has 1 unspecified atom stereocenters. The molecule has 1 amide bonds. The molecule has 0 spiro atoms. The van der Waals surface area contributed by atoms with Crippen LogP contribution in [0.25, 0.3) is 0 Å². The third-order valence-electron chi connectivity index (χ3n) is 3.73. The van der Waals surface area contributed by atoms with Gasteiger partial charge in [-0.05, 0) is 37.6 Å². The Balaban J connectivity index is 2.21. The number of alkyl halides is 3. The summed E-state index contributed by atoms with van der Waals surface area (Å²) in [6.45, 7) is 3.08. The van der Waals surface area contributed by atoms with E-state index in [2.05, 4.69) is 5.32 Å². The van der Waals surface area contributed by atoms with E-state index in [-0.39, 0.29) is 16.8 Å². The molecule has 0 aliphatic heterocycles. The number of hydrogen-bond donors (Lipinski definition) is 1. The first kappa shape index (κ1) is 18.4. The van der Waals surface area contributed by atoms with E-state index in [9.17, 15) is 28.1 Å². The molecule has 5 nitrogen and oxygen atoms in total. The van der Waals surface area contributed by atoms with Gasteiger partial charge in [0, 0.05) is 17.2 Å². The number of benzene rings is 2. The Morgan fingerprint density at radius 1 is 1.20 bits per heavy atom. The Morgan fingerprint density at radius 2 is 1.88 bits per heavy atom. The number of nitrogens with zero attached hydrogens (tertiary/aromatic N) is 1. The SMILES string of the molecule is Cc1ccc(C(=O)NC(C)c2cccc(C(F)(F)F)c2)cc1[N+](=O)[O-]. The lowest BCUT2D eigenvalue weighted by molar-refractivity contribution is -0.385. The van der Waals surface area contributed by atoms with Crippen LogP contribution in [0, 0.1) is 17.0 Å². The number of nitrogens with one attached hydrogen (secondary N) is 1. The van der Waals surface area contributed by atoms with Gasteiger partial charge in [-0.2, -0.15) is 13.2 Å². The maximum atomic E-state index is 12.8. The predicted molar refractivity (Wildman–Crippen MR) is 85.2 cm³/mol. The molecule has 1 atom stereocenters. The topological polar surface area (TPSA) is 72.2 Å². The van der Waals surface area contributed by atoms with Crippen molar-refractivity contribution in [3.05, 3.63) is 74.8 Å². The molecule has 0 bridgehead atoms. The van der Waals surface area contributed by atoms with Gasteiger partial charge in [0.15, 0.2) is 0 Å². The summed E-state index contributed by atoms with van der Waals surface area (Å²) >= 11 is 0. The number of hydrogen-bond acceptors (Lipinski definition) is 3. The third-order valence-corrected chi connectivity index (χ3v) is 3.73. The van der Waals surface area contributed by atoms with Crippen LogP contribution in [0.3, 0.4) is 0 Å². The van der Waals surface area contributed by atoms with Crippen molar-refractivity contribution in [2.45, 2.75) is 26.1 Å². The van der Waals surface area contributed by atoms with Gasteiger partial charge in [0.25, 0.3) is 11.6 Å². The summed E-state index contributed by atoms with van der Waals surface area (Å²) in [5.41, 5.74) is -0.246. The molecule has 132 valence electrons. The van der Waals surface area contributed by atoms with E-state index >= 15 is 0 Å². The number of carbonyl (C=O) groups excluding carboxylic acids is 1. The Morgan fingerprint density at radius 3 is 2.48 bits per heavy atom. The van der Waals surface area contributed by atoms with Gasteiger partial charge in [-0.3, -0.25) is 14.9 Å². The number of rotatable bonds is 4. The lowest BCUT2D eigenvalue weighted by atomic mass is 10.0. The van der Waals surface area contributed by atoms with E-state index in [0.29, 0.717) is 5.56 Å². The summed E-state index contributed by atoms with van der Waals surface area (Å²) in [5.74, 6) is -0.604. The van der Waals surface area contributed by atoms with Gasteiger partial charge in [-0.1, -0.05) is 18.2 Å². The molecule has 25 heavy (non-hydrogen) atoms. The highest BCUT2D eigenvalue weighted by Gasteiger charge is 2.30. The second-order valence-electron chi connectivity index (χ2n) is 5.58. The minimum absolute atomic E-state index is 0.0659. The van der Waals surface area contributed by atoms with Crippen molar-refractivity contribution < 1.29 is 22.9 Å². The molecule has 2 rings (SSSR count). The molecule has 0 aliphatic rings. The molecule has 0 radical (unpaired) electrons. The van der Waals surface area contributed by atoms with E-state index in [1.165, 1.54) is 31.2 Å². The van der Waals surface area contributed by atoms with Gasteiger partial charge >= 0.3 is 6.18 Å². The third kappa shape index (κ3) is 4.34. The summed E-state index contributed by atoms with van der Waals surface area (Å²) in [7, 11) is 0. The van der Waals surface area contributed by atoms with Crippen molar-refractivity contribution in [2.24, 2.45) is 0 Å². The zero-order valence-electron chi connectivity index (χ0n) is 13.4. The van der Waals surface area contributed by atoms with E-state index in [1.54, 1.807) is 6.92 Å². The molecular weight excluding hydrogens is 337 g/mol. The van der Waals surface area contributed by atoms with E-state index < -0.39 is 28.6 Å². The number of nitro benzene ring substituents is 1. The summed E-state index contributed by atoms with van der Waals surface area (Å²) in [4.78, 5) is 22.6. The minimum atomic E-state index is -4.47. The van der Waals surface area contributed by atoms with Gasteiger partial charge in [0.1, 0.15) is 0 Å².